The van der Waals surface area contributed by atoms with E-state index in [0.29, 0.717) is 5.56 Å². The van der Waals surface area contributed by atoms with Crippen LogP contribution in [-0.2, 0) is 9.63 Å². The van der Waals surface area contributed by atoms with Crippen LogP contribution in [0.3, 0.4) is 0 Å². The van der Waals surface area contributed by atoms with Crippen molar-refractivity contribution in [1.29, 1.82) is 0 Å². The van der Waals surface area contributed by atoms with Gasteiger partial charge in [0.2, 0.25) is 5.91 Å². The Hall–Kier alpha value is -1.17. The van der Waals surface area contributed by atoms with E-state index in [1.165, 1.54) is 26.3 Å². The number of aliphatic hydroxyl groups excluding tert-OH is 1. The second kappa shape index (κ2) is 5.95. The number of amides is 1. The Labute approximate surface area is 104 Å². The van der Waals surface area contributed by atoms with Crippen LogP contribution in [0.15, 0.2) is 18.2 Å². The summed E-state index contributed by atoms with van der Waals surface area (Å²) in [7, 11) is 2.77. The highest BCUT2D eigenvalue weighted by molar-refractivity contribution is 6.30. The van der Waals surface area contributed by atoms with E-state index < -0.39 is 17.8 Å². The average molecular weight is 262 g/mol. The molecule has 0 saturated heterocycles. The van der Waals surface area contributed by atoms with E-state index in [-0.39, 0.29) is 11.4 Å². The SMILES string of the molecule is CON(C)C(=O)CC(O)c1ccc(Cl)c(F)c1. The summed E-state index contributed by atoms with van der Waals surface area (Å²) in [6.45, 7) is 0. The first kappa shape index (κ1) is 13.9. The predicted octanol–water partition coefficient (Wildman–Crippen LogP) is 1.92. The molecule has 1 aromatic rings. The number of carbonyl (C=O) groups is 1. The van der Waals surface area contributed by atoms with Gasteiger partial charge >= 0.3 is 0 Å². The van der Waals surface area contributed by atoms with Crippen LogP contribution in [0.2, 0.25) is 5.02 Å². The van der Waals surface area contributed by atoms with E-state index in [9.17, 15) is 14.3 Å². The number of rotatable bonds is 4. The van der Waals surface area contributed by atoms with Crippen LogP contribution in [0, 0.1) is 5.82 Å². The van der Waals surface area contributed by atoms with E-state index >= 15 is 0 Å². The van der Waals surface area contributed by atoms with Gasteiger partial charge in [-0.3, -0.25) is 9.63 Å². The number of carbonyl (C=O) groups excluding carboxylic acids is 1. The molecule has 1 aromatic carbocycles. The predicted molar refractivity (Wildman–Crippen MR) is 60.8 cm³/mol. The zero-order valence-corrected chi connectivity index (χ0v) is 10.2. The minimum atomic E-state index is -1.09. The molecule has 0 bridgehead atoms. The molecule has 6 heteroatoms. The van der Waals surface area contributed by atoms with E-state index in [2.05, 4.69) is 4.84 Å². The molecule has 0 heterocycles. The number of halogens is 2. The first-order valence-electron chi connectivity index (χ1n) is 4.89. The van der Waals surface area contributed by atoms with Crippen molar-refractivity contribution in [2.45, 2.75) is 12.5 Å². The number of hydrogen-bond acceptors (Lipinski definition) is 3. The second-order valence-corrected chi connectivity index (χ2v) is 3.87. The van der Waals surface area contributed by atoms with Crippen molar-refractivity contribution >= 4 is 17.5 Å². The standard InChI is InChI=1S/C11H13ClFNO3/c1-14(17-2)11(16)6-10(15)7-3-4-8(12)9(13)5-7/h3-5,10,15H,6H2,1-2H3. The third kappa shape index (κ3) is 3.66. The molecule has 1 rings (SSSR count). The maximum Gasteiger partial charge on any atom is 0.248 e. The van der Waals surface area contributed by atoms with E-state index in [0.717, 1.165) is 11.1 Å². The molecule has 0 fully saturated rings. The summed E-state index contributed by atoms with van der Waals surface area (Å²) in [5.74, 6) is -1.04. The highest BCUT2D eigenvalue weighted by Gasteiger charge is 2.17. The molecule has 1 atom stereocenters. The molecular weight excluding hydrogens is 249 g/mol. The minimum Gasteiger partial charge on any atom is -0.388 e. The van der Waals surface area contributed by atoms with Crippen LogP contribution in [-0.4, -0.2) is 30.2 Å². The summed E-state index contributed by atoms with van der Waals surface area (Å²) in [4.78, 5) is 16.1. The first-order chi connectivity index (χ1) is 7.95. The van der Waals surface area contributed by atoms with Crippen molar-refractivity contribution in [2.75, 3.05) is 14.2 Å². The lowest BCUT2D eigenvalue weighted by Crippen LogP contribution is -2.26. The summed E-state index contributed by atoms with van der Waals surface area (Å²) in [5.41, 5.74) is 0.296. The van der Waals surface area contributed by atoms with Crippen molar-refractivity contribution < 1.29 is 19.1 Å². The third-order valence-electron chi connectivity index (χ3n) is 2.32. The van der Waals surface area contributed by atoms with Gasteiger partial charge in [-0.05, 0) is 17.7 Å². The van der Waals surface area contributed by atoms with Gasteiger partial charge in [-0.2, -0.15) is 0 Å². The Balaban J connectivity index is 2.73. The van der Waals surface area contributed by atoms with Crippen LogP contribution < -0.4 is 0 Å². The smallest absolute Gasteiger partial charge is 0.248 e. The Kier molecular flexibility index (Phi) is 4.86. The van der Waals surface area contributed by atoms with Gasteiger partial charge in [0.25, 0.3) is 0 Å². The summed E-state index contributed by atoms with van der Waals surface area (Å²) < 4.78 is 13.1. The zero-order chi connectivity index (χ0) is 13.0. The number of hydrogen-bond donors (Lipinski definition) is 1. The van der Waals surface area contributed by atoms with Gasteiger partial charge in [0.15, 0.2) is 0 Å². The third-order valence-corrected chi connectivity index (χ3v) is 2.63. The maximum atomic E-state index is 13.1. The van der Waals surface area contributed by atoms with Gasteiger partial charge in [0, 0.05) is 7.05 Å². The summed E-state index contributed by atoms with van der Waals surface area (Å²) in [6.07, 6.45) is -1.28. The molecule has 17 heavy (non-hydrogen) atoms. The summed E-state index contributed by atoms with van der Waals surface area (Å²) >= 11 is 5.51. The second-order valence-electron chi connectivity index (χ2n) is 3.47. The van der Waals surface area contributed by atoms with Crippen molar-refractivity contribution in [3.05, 3.63) is 34.6 Å². The molecule has 0 aromatic heterocycles. The van der Waals surface area contributed by atoms with Crippen LogP contribution >= 0.6 is 11.6 Å². The Morgan fingerprint density at radius 2 is 2.29 bits per heavy atom. The molecule has 0 radical (unpaired) electrons. The van der Waals surface area contributed by atoms with Crippen LogP contribution in [0.5, 0.6) is 0 Å². The molecule has 4 nitrogen and oxygen atoms in total. The highest BCUT2D eigenvalue weighted by Crippen LogP contribution is 2.22. The zero-order valence-electron chi connectivity index (χ0n) is 9.48. The molecule has 0 spiro atoms. The van der Waals surface area contributed by atoms with Crippen molar-refractivity contribution in [3.8, 4) is 0 Å². The fraction of sp³-hybridized carbons (Fsp3) is 0.364. The lowest BCUT2D eigenvalue weighted by atomic mass is 10.1. The Morgan fingerprint density at radius 3 is 2.82 bits per heavy atom. The molecule has 0 aliphatic heterocycles. The number of nitrogens with zero attached hydrogens (tertiary/aromatic N) is 1. The topological polar surface area (TPSA) is 49.8 Å². The van der Waals surface area contributed by atoms with Crippen LogP contribution in [0.25, 0.3) is 0 Å². The maximum absolute atomic E-state index is 13.1. The number of aliphatic hydroxyl groups is 1. The quantitative estimate of drug-likeness (QED) is 0.843. The molecule has 1 N–H and O–H groups in total. The molecule has 0 aliphatic rings. The fourth-order valence-electron chi connectivity index (χ4n) is 1.23. The normalized spacial score (nSPS) is 12.3. The highest BCUT2D eigenvalue weighted by atomic mass is 35.5. The molecule has 94 valence electrons. The van der Waals surface area contributed by atoms with Gasteiger partial charge in [0.1, 0.15) is 5.82 Å². The number of benzene rings is 1. The van der Waals surface area contributed by atoms with Crippen molar-refractivity contribution in [2.24, 2.45) is 0 Å². The van der Waals surface area contributed by atoms with Gasteiger partial charge in [0.05, 0.1) is 24.7 Å². The van der Waals surface area contributed by atoms with Crippen molar-refractivity contribution in [3.63, 3.8) is 0 Å². The molecule has 1 amide bonds. The van der Waals surface area contributed by atoms with Gasteiger partial charge in [-0.15, -0.1) is 0 Å². The largest absolute Gasteiger partial charge is 0.388 e. The molecule has 0 saturated carbocycles. The summed E-state index contributed by atoms with van der Waals surface area (Å²) in [5, 5.41) is 10.7. The Morgan fingerprint density at radius 1 is 1.65 bits per heavy atom. The van der Waals surface area contributed by atoms with Gasteiger partial charge in [-0.25, -0.2) is 9.45 Å². The average Bonchev–Trinajstić information content (AvgIpc) is 2.31. The van der Waals surface area contributed by atoms with E-state index in [1.807, 2.05) is 0 Å². The van der Waals surface area contributed by atoms with Crippen LogP contribution in [0.4, 0.5) is 4.39 Å². The molecular formula is C11H13ClFNO3. The first-order valence-corrected chi connectivity index (χ1v) is 5.27. The number of hydroxylamine groups is 2. The van der Waals surface area contributed by atoms with Gasteiger partial charge in [-0.1, -0.05) is 17.7 Å². The van der Waals surface area contributed by atoms with Gasteiger partial charge < -0.3 is 5.11 Å². The molecule has 1 unspecified atom stereocenters. The molecule has 0 aliphatic carbocycles. The lowest BCUT2D eigenvalue weighted by molar-refractivity contribution is -0.170. The van der Waals surface area contributed by atoms with Crippen LogP contribution in [0.1, 0.15) is 18.1 Å². The summed E-state index contributed by atoms with van der Waals surface area (Å²) in [6, 6.07) is 3.91. The lowest BCUT2D eigenvalue weighted by Gasteiger charge is -2.16. The van der Waals surface area contributed by atoms with Crippen molar-refractivity contribution in [1.82, 2.24) is 5.06 Å². The Bertz CT molecular complexity index is 414. The monoisotopic (exact) mass is 261 g/mol. The fourth-order valence-corrected chi connectivity index (χ4v) is 1.35. The van der Waals surface area contributed by atoms with E-state index in [1.54, 1.807) is 0 Å². The minimum absolute atomic E-state index is 0.0266. The van der Waals surface area contributed by atoms with E-state index in [4.69, 9.17) is 11.6 Å².